The van der Waals surface area contributed by atoms with E-state index in [-0.39, 0.29) is 11.6 Å². The van der Waals surface area contributed by atoms with Gasteiger partial charge in [-0.3, -0.25) is 14.3 Å². The third-order valence-electron chi connectivity index (χ3n) is 6.18. The standard InChI is InChI=1S/C21H24ClN5O/c1-14-11-26-19(13-25(14)12-15-6-8-16(22)9-7-15)24-20-18(21(26)28)10-23-27(20)17-4-2-3-5-17/h6-10,14,17H,2-5,11-13H2,1H3. The van der Waals surface area contributed by atoms with E-state index in [1.165, 1.54) is 18.4 Å². The summed E-state index contributed by atoms with van der Waals surface area (Å²) in [4.78, 5) is 20.4. The minimum atomic E-state index is 0.0437. The number of benzene rings is 1. The third-order valence-corrected chi connectivity index (χ3v) is 6.43. The van der Waals surface area contributed by atoms with Gasteiger partial charge in [0.25, 0.3) is 5.56 Å². The van der Waals surface area contributed by atoms with Crippen molar-refractivity contribution in [1.29, 1.82) is 0 Å². The van der Waals surface area contributed by atoms with Gasteiger partial charge in [0, 0.05) is 24.2 Å². The predicted octanol–water partition coefficient (Wildman–Crippen LogP) is 3.77. The van der Waals surface area contributed by atoms with Crippen LogP contribution < -0.4 is 5.56 Å². The number of aromatic nitrogens is 4. The average molecular weight is 398 g/mol. The fraction of sp³-hybridized carbons (Fsp3) is 0.476. The highest BCUT2D eigenvalue weighted by Crippen LogP contribution is 2.31. The molecule has 2 aliphatic rings. The van der Waals surface area contributed by atoms with Crippen LogP contribution in [-0.2, 0) is 19.6 Å². The van der Waals surface area contributed by atoms with Crippen molar-refractivity contribution in [3.63, 3.8) is 0 Å². The molecule has 1 fully saturated rings. The molecular weight excluding hydrogens is 374 g/mol. The molecule has 28 heavy (non-hydrogen) atoms. The van der Waals surface area contributed by atoms with Gasteiger partial charge >= 0.3 is 0 Å². The number of fused-ring (bicyclic) bond motifs is 2. The van der Waals surface area contributed by atoms with Crippen molar-refractivity contribution in [2.45, 2.75) is 64.3 Å². The monoisotopic (exact) mass is 397 g/mol. The first-order valence-electron chi connectivity index (χ1n) is 10.1. The molecule has 3 aromatic rings. The smallest absolute Gasteiger partial charge is 0.264 e. The maximum absolute atomic E-state index is 13.1. The zero-order valence-electron chi connectivity index (χ0n) is 16.0. The molecule has 1 aromatic carbocycles. The Labute approximate surface area is 168 Å². The van der Waals surface area contributed by atoms with E-state index >= 15 is 0 Å². The fourth-order valence-electron chi connectivity index (χ4n) is 4.54. The van der Waals surface area contributed by atoms with Crippen LogP contribution in [0.2, 0.25) is 5.02 Å². The normalized spacial score (nSPS) is 20.7. The third kappa shape index (κ3) is 3.05. The van der Waals surface area contributed by atoms with E-state index in [1.807, 2.05) is 21.4 Å². The minimum absolute atomic E-state index is 0.0437. The zero-order chi connectivity index (χ0) is 19.3. The molecule has 1 saturated carbocycles. The highest BCUT2D eigenvalue weighted by molar-refractivity contribution is 6.30. The lowest BCUT2D eigenvalue weighted by atomic mass is 10.1. The van der Waals surface area contributed by atoms with Gasteiger partial charge in [-0.1, -0.05) is 36.6 Å². The quantitative estimate of drug-likeness (QED) is 0.675. The fourth-order valence-corrected chi connectivity index (χ4v) is 4.67. The van der Waals surface area contributed by atoms with Crippen LogP contribution in [0.3, 0.4) is 0 Å². The van der Waals surface area contributed by atoms with Crippen molar-refractivity contribution < 1.29 is 0 Å². The summed E-state index contributed by atoms with van der Waals surface area (Å²) in [6.07, 6.45) is 6.40. The van der Waals surface area contributed by atoms with Crippen LogP contribution in [0.25, 0.3) is 11.0 Å². The molecule has 1 unspecified atom stereocenters. The molecule has 7 heteroatoms. The van der Waals surface area contributed by atoms with Gasteiger partial charge in [0.05, 0.1) is 18.8 Å². The number of rotatable bonds is 3. The van der Waals surface area contributed by atoms with Gasteiger partial charge in [-0.25, -0.2) is 9.67 Å². The molecule has 1 atom stereocenters. The molecule has 3 heterocycles. The highest BCUT2D eigenvalue weighted by atomic mass is 35.5. The van der Waals surface area contributed by atoms with Crippen molar-refractivity contribution in [3.05, 3.63) is 57.2 Å². The summed E-state index contributed by atoms with van der Waals surface area (Å²) < 4.78 is 3.83. The minimum Gasteiger partial charge on any atom is -0.293 e. The second-order valence-corrected chi connectivity index (χ2v) is 8.53. The van der Waals surface area contributed by atoms with Crippen LogP contribution in [-0.4, -0.2) is 30.3 Å². The maximum Gasteiger partial charge on any atom is 0.264 e. The molecule has 2 aromatic heterocycles. The van der Waals surface area contributed by atoms with Crippen molar-refractivity contribution in [2.24, 2.45) is 0 Å². The van der Waals surface area contributed by atoms with Crippen LogP contribution >= 0.6 is 11.6 Å². The number of hydrogen-bond acceptors (Lipinski definition) is 4. The van der Waals surface area contributed by atoms with Crippen molar-refractivity contribution in [3.8, 4) is 0 Å². The summed E-state index contributed by atoms with van der Waals surface area (Å²) in [6.45, 7) is 4.29. The van der Waals surface area contributed by atoms with Crippen molar-refractivity contribution >= 4 is 22.6 Å². The summed E-state index contributed by atoms with van der Waals surface area (Å²) in [5.41, 5.74) is 2.01. The Morgan fingerprint density at radius 1 is 1.18 bits per heavy atom. The Hall–Kier alpha value is -2.18. The summed E-state index contributed by atoms with van der Waals surface area (Å²) in [6, 6.07) is 8.59. The lowest BCUT2D eigenvalue weighted by molar-refractivity contribution is 0.137. The largest absolute Gasteiger partial charge is 0.293 e. The zero-order valence-corrected chi connectivity index (χ0v) is 16.8. The van der Waals surface area contributed by atoms with E-state index < -0.39 is 0 Å². The van der Waals surface area contributed by atoms with Gasteiger partial charge in [-0.05, 0) is 37.5 Å². The van der Waals surface area contributed by atoms with Crippen molar-refractivity contribution in [2.75, 3.05) is 0 Å². The highest BCUT2D eigenvalue weighted by Gasteiger charge is 2.28. The maximum atomic E-state index is 13.1. The van der Waals surface area contributed by atoms with Gasteiger partial charge < -0.3 is 0 Å². The van der Waals surface area contributed by atoms with Gasteiger partial charge in [0.15, 0.2) is 5.65 Å². The molecule has 0 radical (unpaired) electrons. The molecule has 5 rings (SSSR count). The molecule has 1 aliphatic heterocycles. The second kappa shape index (κ2) is 7.01. The Balaban J connectivity index is 1.50. The molecule has 146 valence electrons. The van der Waals surface area contributed by atoms with Crippen LogP contribution in [0.4, 0.5) is 0 Å². The van der Waals surface area contributed by atoms with Gasteiger partial charge in [0.2, 0.25) is 0 Å². The number of halogens is 1. The van der Waals surface area contributed by atoms with Crippen LogP contribution in [0, 0.1) is 0 Å². The Kier molecular flexibility index (Phi) is 4.48. The lowest BCUT2D eigenvalue weighted by Gasteiger charge is -2.35. The van der Waals surface area contributed by atoms with Gasteiger partial charge in [-0.15, -0.1) is 0 Å². The number of nitrogens with zero attached hydrogens (tertiary/aromatic N) is 5. The van der Waals surface area contributed by atoms with Gasteiger partial charge in [-0.2, -0.15) is 5.10 Å². The van der Waals surface area contributed by atoms with E-state index in [9.17, 15) is 4.79 Å². The van der Waals surface area contributed by atoms with E-state index in [4.69, 9.17) is 16.6 Å². The van der Waals surface area contributed by atoms with Crippen LogP contribution in [0.1, 0.15) is 50.0 Å². The lowest BCUT2D eigenvalue weighted by Crippen LogP contribution is -2.45. The van der Waals surface area contributed by atoms with E-state index in [0.717, 1.165) is 35.9 Å². The summed E-state index contributed by atoms with van der Waals surface area (Å²) in [5, 5.41) is 5.93. The Bertz CT molecular complexity index is 1060. The first-order chi connectivity index (χ1) is 13.6. The predicted molar refractivity (Wildman–Crippen MR) is 109 cm³/mol. The average Bonchev–Trinajstić information content (AvgIpc) is 3.35. The van der Waals surface area contributed by atoms with Crippen molar-refractivity contribution in [1.82, 2.24) is 24.2 Å². The second-order valence-electron chi connectivity index (χ2n) is 8.09. The van der Waals surface area contributed by atoms with E-state index in [2.05, 4.69) is 29.1 Å². The topological polar surface area (TPSA) is 56.0 Å². The molecule has 6 nitrogen and oxygen atoms in total. The molecule has 1 aliphatic carbocycles. The molecule has 0 N–H and O–H groups in total. The number of hydrogen-bond donors (Lipinski definition) is 0. The molecule has 0 spiro atoms. The van der Waals surface area contributed by atoms with E-state index in [0.29, 0.717) is 24.5 Å². The van der Waals surface area contributed by atoms with Gasteiger partial charge in [0.1, 0.15) is 11.2 Å². The molecule has 0 saturated heterocycles. The molecule has 0 amide bonds. The van der Waals surface area contributed by atoms with E-state index in [1.54, 1.807) is 6.20 Å². The Morgan fingerprint density at radius 3 is 2.68 bits per heavy atom. The SMILES string of the molecule is CC1Cn2c(nc3c(cnn3C3CCCC3)c2=O)CN1Cc1ccc(Cl)cc1. The summed E-state index contributed by atoms with van der Waals surface area (Å²) in [7, 11) is 0. The van der Waals surface area contributed by atoms with Crippen LogP contribution in [0.15, 0.2) is 35.3 Å². The van der Waals surface area contributed by atoms with Crippen LogP contribution in [0.5, 0.6) is 0 Å². The Morgan fingerprint density at radius 2 is 1.93 bits per heavy atom. The molecular formula is C21H24ClN5O. The molecule has 0 bridgehead atoms. The first kappa shape index (κ1) is 17.9. The summed E-state index contributed by atoms with van der Waals surface area (Å²) >= 11 is 6.01. The first-order valence-corrected chi connectivity index (χ1v) is 10.4. The summed E-state index contributed by atoms with van der Waals surface area (Å²) in [5.74, 6) is 0.837.